The van der Waals surface area contributed by atoms with Gasteiger partial charge in [-0.05, 0) is 48.5 Å². The summed E-state index contributed by atoms with van der Waals surface area (Å²) in [5, 5.41) is 2.75. The lowest BCUT2D eigenvalue weighted by molar-refractivity contribution is -0.895. The van der Waals surface area contributed by atoms with Gasteiger partial charge in [-0.2, -0.15) is 4.31 Å². The zero-order valence-corrected chi connectivity index (χ0v) is 16.4. The van der Waals surface area contributed by atoms with Gasteiger partial charge in [0, 0.05) is 11.3 Å². The molecular weight excluding hydrogens is 399 g/mol. The van der Waals surface area contributed by atoms with Crippen molar-refractivity contribution in [2.45, 2.75) is 4.90 Å². The number of benzene rings is 2. The first-order chi connectivity index (χ1) is 13.8. The van der Waals surface area contributed by atoms with Gasteiger partial charge in [0.2, 0.25) is 15.9 Å². The van der Waals surface area contributed by atoms with Crippen LogP contribution in [0.2, 0.25) is 0 Å². The normalized spacial score (nSPS) is 15.8. The Morgan fingerprint density at radius 1 is 1.03 bits per heavy atom. The van der Waals surface area contributed by atoms with Crippen molar-refractivity contribution >= 4 is 27.5 Å². The predicted molar refractivity (Wildman–Crippen MR) is 104 cm³/mol. The Kier molecular flexibility index (Phi) is 6.26. The average Bonchev–Trinajstić information content (AvgIpc) is 2.69. The number of nitrogens with two attached hydrogens (primary N) is 1. The van der Waals surface area contributed by atoms with Crippen molar-refractivity contribution in [2.75, 3.05) is 38.0 Å². The first-order valence-electron chi connectivity index (χ1n) is 9.05. The lowest BCUT2D eigenvalue weighted by atomic mass is 10.2. The molecule has 2 aromatic rings. The number of halogens is 1. The smallest absolute Gasteiger partial charge is 0.279 e. The number of nitrogens with one attached hydrogen (secondary N) is 2. The summed E-state index contributed by atoms with van der Waals surface area (Å²) in [5.41, 5.74) is 6.09. The van der Waals surface area contributed by atoms with Crippen molar-refractivity contribution in [3.8, 4) is 0 Å². The molecule has 0 unspecified atom stereocenters. The van der Waals surface area contributed by atoms with Gasteiger partial charge in [-0.15, -0.1) is 0 Å². The Bertz CT molecular complexity index is 986. The first kappa shape index (κ1) is 20.9. The summed E-state index contributed by atoms with van der Waals surface area (Å²) in [4.78, 5) is 24.3. The molecule has 0 atom stereocenters. The third-order valence-corrected chi connectivity index (χ3v) is 6.66. The van der Waals surface area contributed by atoms with E-state index in [9.17, 15) is 22.4 Å². The highest BCUT2D eigenvalue weighted by Crippen LogP contribution is 2.16. The number of hydrogen-bond donors (Lipinski definition) is 3. The fourth-order valence-electron chi connectivity index (χ4n) is 3.13. The van der Waals surface area contributed by atoms with Gasteiger partial charge >= 0.3 is 0 Å². The quantitative estimate of drug-likeness (QED) is 0.581. The van der Waals surface area contributed by atoms with E-state index in [4.69, 9.17) is 5.73 Å². The fourth-order valence-corrected chi connectivity index (χ4v) is 4.57. The standard InChI is InChI=1S/C19H21FN4O4S/c20-15-3-7-17(8-4-15)29(27,28)24-11-9-23(10-12-24)13-18(25)22-16-5-1-14(2-6-16)19(21)26/h1-8H,9-13H2,(H2,21,26)(H,22,25)/p+1. The summed E-state index contributed by atoms with van der Waals surface area (Å²) in [5.74, 6) is -1.24. The summed E-state index contributed by atoms with van der Waals surface area (Å²) in [6.07, 6.45) is 0. The Morgan fingerprint density at radius 3 is 2.17 bits per heavy atom. The molecule has 2 aromatic carbocycles. The third-order valence-electron chi connectivity index (χ3n) is 4.74. The maximum atomic E-state index is 13.0. The van der Waals surface area contributed by atoms with Crippen molar-refractivity contribution in [1.29, 1.82) is 0 Å². The number of rotatable bonds is 6. The first-order valence-corrected chi connectivity index (χ1v) is 10.5. The number of carbonyl (C=O) groups is 2. The molecule has 1 heterocycles. The van der Waals surface area contributed by atoms with E-state index in [1.54, 1.807) is 12.1 Å². The zero-order chi connectivity index (χ0) is 21.0. The summed E-state index contributed by atoms with van der Waals surface area (Å²) >= 11 is 0. The Hall–Kier alpha value is -2.82. The Labute approximate surface area is 168 Å². The Morgan fingerprint density at radius 2 is 1.62 bits per heavy atom. The molecule has 8 nitrogen and oxygen atoms in total. The van der Waals surface area contributed by atoms with Gasteiger partial charge < -0.3 is 16.0 Å². The average molecular weight is 421 g/mol. The molecule has 3 rings (SSSR count). The molecule has 1 aliphatic rings. The highest BCUT2D eigenvalue weighted by atomic mass is 32.2. The number of hydrogen-bond acceptors (Lipinski definition) is 4. The number of piperazine rings is 1. The van der Waals surface area contributed by atoms with Crippen LogP contribution in [0.25, 0.3) is 0 Å². The molecule has 0 bridgehead atoms. The number of nitrogens with zero attached hydrogens (tertiary/aromatic N) is 1. The minimum absolute atomic E-state index is 0.0551. The number of carbonyl (C=O) groups excluding carboxylic acids is 2. The molecule has 154 valence electrons. The van der Waals surface area contributed by atoms with Gasteiger partial charge in [0.05, 0.1) is 31.1 Å². The Balaban J connectivity index is 1.52. The van der Waals surface area contributed by atoms with E-state index in [1.807, 2.05) is 0 Å². The van der Waals surface area contributed by atoms with E-state index < -0.39 is 21.7 Å². The number of quaternary nitrogens is 1. The van der Waals surface area contributed by atoms with Crippen molar-refractivity contribution < 1.29 is 27.3 Å². The van der Waals surface area contributed by atoms with E-state index in [1.165, 1.54) is 28.6 Å². The summed E-state index contributed by atoms with van der Waals surface area (Å²) in [7, 11) is -3.68. The molecule has 0 spiro atoms. The van der Waals surface area contributed by atoms with E-state index in [-0.39, 0.29) is 30.4 Å². The van der Waals surface area contributed by atoms with Crippen molar-refractivity contribution in [3.63, 3.8) is 0 Å². The highest BCUT2D eigenvalue weighted by molar-refractivity contribution is 7.89. The zero-order valence-electron chi connectivity index (χ0n) is 15.6. The van der Waals surface area contributed by atoms with Crippen LogP contribution in [0.5, 0.6) is 0 Å². The molecular formula is C19H22FN4O4S+. The lowest BCUT2D eigenvalue weighted by Crippen LogP contribution is -3.15. The summed E-state index contributed by atoms with van der Waals surface area (Å²) < 4.78 is 39.6. The van der Waals surface area contributed by atoms with E-state index >= 15 is 0 Å². The second-order valence-electron chi connectivity index (χ2n) is 6.77. The molecule has 0 aromatic heterocycles. The van der Waals surface area contributed by atoms with Gasteiger partial charge in [0.1, 0.15) is 5.82 Å². The monoisotopic (exact) mass is 421 g/mol. The van der Waals surface area contributed by atoms with E-state index in [0.29, 0.717) is 24.3 Å². The van der Waals surface area contributed by atoms with Crippen LogP contribution in [0.4, 0.5) is 10.1 Å². The van der Waals surface area contributed by atoms with Gasteiger partial charge in [-0.25, -0.2) is 12.8 Å². The predicted octanol–water partition coefficient (Wildman–Crippen LogP) is -0.547. The molecule has 4 N–H and O–H groups in total. The maximum absolute atomic E-state index is 13.0. The molecule has 0 radical (unpaired) electrons. The molecule has 2 amide bonds. The molecule has 1 saturated heterocycles. The minimum atomic E-state index is -3.68. The van der Waals surface area contributed by atoms with Crippen LogP contribution in [0.1, 0.15) is 10.4 Å². The van der Waals surface area contributed by atoms with Gasteiger partial charge in [-0.3, -0.25) is 9.59 Å². The van der Waals surface area contributed by atoms with Crippen molar-refractivity contribution in [1.82, 2.24) is 4.31 Å². The van der Waals surface area contributed by atoms with E-state index in [2.05, 4.69) is 5.32 Å². The van der Waals surface area contributed by atoms with Gasteiger partial charge in [0.25, 0.3) is 5.91 Å². The highest BCUT2D eigenvalue weighted by Gasteiger charge is 2.31. The molecule has 1 aliphatic heterocycles. The largest absolute Gasteiger partial charge is 0.366 e. The van der Waals surface area contributed by atoms with E-state index in [0.717, 1.165) is 17.0 Å². The molecule has 1 fully saturated rings. The molecule has 10 heteroatoms. The third kappa shape index (κ3) is 5.17. The minimum Gasteiger partial charge on any atom is -0.366 e. The molecule has 0 saturated carbocycles. The summed E-state index contributed by atoms with van der Waals surface area (Å²) in [6.45, 7) is 1.70. The lowest BCUT2D eigenvalue weighted by Gasteiger charge is -2.31. The topological polar surface area (TPSA) is 114 Å². The molecule has 29 heavy (non-hydrogen) atoms. The van der Waals surface area contributed by atoms with Crippen molar-refractivity contribution in [2.24, 2.45) is 5.73 Å². The van der Waals surface area contributed by atoms with Crippen LogP contribution in [0.15, 0.2) is 53.4 Å². The van der Waals surface area contributed by atoms with Crippen LogP contribution in [0.3, 0.4) is 0 Å². The fraction of sp³-hybridized carbons (Fsp3) is 0.263. The van der Waals surface area contributed by atoms with Crippen LogP contribution in [-0.2, 0) is 14.8 Å². The number of amides is 2. The van der Waals surface area contributed by atoms with Gasteiger partial charge in [0.15, 0.2) is 6.54 Å². The number of sulfonamides is 1. The maximum Gasteiger partial charge on any atom is 0.279 e. The van der Waals surface area contributed by atoms with Crippen LogP contribution in [0, 0.1) is 5.82 Å². The number of primary amides is 1. The molecule has 0 aliphatic carbocycles. The van der Waals surface area contributed by atoms with Gasteiger partial charge in [-0.1, -0.05) is 0 Å². The van der Waals surface area contributed by atoms with Crippen LogP contribution < -0.4 is 16.0 Å². The van der Waals surface area contributed by atoms with Crippen molar-refractivity contribution in [3.05, 3.63) is 59.9 Å². The second kappa shape index (κ2) is 8.68. The second-order valence-corrected chi connectivity index (χ2v) is 8.71. The van der Waals surface area contributed by atoms with Crippen LogP contribution in [-0.4, -0.2) is 57.3 Å². The van der Waals surface area contributed by atoms with Crippen LogP contribution >= 0.6 is 0 Å². The number of anilines is 1. The SMILES string of the molecule is NC(=O)c1ccc(NC(=O)C[NH+]2CCN(S(=O)(=O)c3ccc(F)cc3)CC2)cc1. The summed E-state index contributed by atoms with van der Waals surface area (Å²) in [6, 6.07) is 11.0.